The lowest BCUT2D eigenvalue weighted by molar-refractivity contribution is -0.133. The van der Waals surface area contributed by atoms with E-state index >= 15 is 0 Å². The first-order valence-electron chi connectivity index (χ1n) is 7.32. The Kier molecular flexibility index (Phi) is 4.97. The van der Waals surface area contributed by atoms with Crippen LogP contribution in [0, 0.1) is 0 Å². The maximum absolute atomic E-state index is 12.4. The number of amides is 1. The summed E-state index contributed by atoms with van der Waals surface area (Å²) >= 11 is 0. The van der Waals surface area contributed by atoms with Gasteiger partial charge in [0.2, 0.25) is 5.91 Å². The highest BCUT2D eigenvalue weighted by Gasteiger charge is 2.34. The molecule has 0 bridgehead atoms. The van der Waals surface area contributed by atoms with E-state index in [2.05, 4.69) is 6.92 Å². The van der Waals surface area contributed by atoms with Crippen molar-refractivity contribution in [1.82, 2.24) is 4.90 Å². The van der Waals surface area contributed by atoms with Crippen molar-refractivity contribution in [3.8, 4) is 0 Å². The molecule has 0 radical (unpaired) electrons. The quantitative estimate of drug-likeness (QED) is 0.818. The first-order valence-corrected chi connectivity index (χ1v) is 7.32. The van der Waals surface area contributed by atoms with Gasteiger partial charge in [-0.25, -0.2) is 0 Å². The van der Waals surface area contributed by atoms with E-state index in [1.807, 2.05) is 35.2 Å². The molecule has 1 aromatic carbocycles. The summed E-state index contributed by atoms with van der Waals surface area (Å²) in [4.78, 5) is 14.4. The van der Waals surface area contributed by atoms with Crippen LogP contribution >= 0.6 is 0 Å². The average Bonchev–Trinajstić information content (AvgIpc) is 3.24. The molecule has 1 aromatic rings. The van der Waals surface area contributed by atoms with E-state index in [1.54, 1.807) is 0 Å². The summed E-state index contributed by atoms with van der Waals surface area (Å²) in [6, 6.07) is 10.1. The molecular weight excluding hydrogens is 236 g/mol. The monoisotopic (exact) mass is 260 g/mol. The lowest BCUT2D eigenvalue weighted by Gasteiger charge is -2.25. The summed E-state index contributed by atoms with van der Waals surface area (Å²) in [7, 11) is 0. The van der Waals surface area contributed by atoms with Gasteiger partial charge in [0.25, 0.3) is 0 Å². The zero-order chi connectivity index (χ0) is 13.7. The van der Waals surface area contributed by atoms with Gasteiger partial charge in [-0.15, -0.1) is 0 Å². The number of hydrogen-bond donors (Lipinski definition) is 1. The van der Waals surface area contributed by atoms with Crippen LogP contribution in [0.15, 0.2) is 30.3 Å². The predicted molar refractivity (Wildman–Crippen MR) is 77.8 cm³/mol. The Labute approximate surface area is 115 Å². The van der Waals surface area contributed by atoms with Crippen LogP contribution in [0.25, 0.3) is 0 Å². The minimum atomic E-state index is -0.403. The zero-order valence-electron chi connectivity index (χ0n) is 11.7. The van der Waals surface area contributed by atoms with E-state index in [4.69, 9.17) is 5.73 Å². The molecule has 2 rings (SSSR count). The van der Waals surface area contributed by atoms with E-state index in [0.29, 0.717) is 12.5 Å². The van der Waals surface area contributed by atoms with Crippen LogP contribution in [0.3, 0.4) is 0 Å². The van der Waals surface area contributed by atoms with Crippen LogP contribution in [-0.2, 0) is 11.2 Å². The molecule has 1 fully saturated rings. The number of rotatable bonds is 7. The molecule has 1 saturated carbocycles. The predicted octanol–water partition coefficient (Wildman–Crippen LogP) is 2.35. The molecule has 3 nitrogen and oxygen atoms in total. The van der Waals surface area contributed by atoms with Crippen LogP contribution in [0.5, 0.6) is 0 Å². The Hall–Kier alpha value is -1.35. The summed E-state index contributed by atoms with van der Waals surface area (Å²) < 4.78 is 0. The molecule has 1 aliphatic rings. The van der Waals surface area contributed by atoms with E-state index in [-0.39, 0.29) is 5.91 Å². The molecule has 1 aliphatic carbocycles. The van der Waals surface area contributed by atoms with E-state index in [0.717, 1.165) is 37.8 Å². The van der Waals surface area contributed by atoms with Crippen LogP contribution in [0.1, 0.15) is 38.2 Å². The van der Waals surface area contributed by atoms with Crippen molar-refractivity contribution in [2.45, 2.75) is 51.1 Å². The van der Waals surface area contributed by atoms with E-state index < -0.39 is 6.04 Å². The summed E-state index contributed by atoms with van der Waals surface area (Å²) in [5, 5.41) is 0. The van der Waals surface area contributed by atoms with Crippen LogP contribution in [0.4, 0.5) is 0 Å². The largest absolute Gasteiger partial charge is 0.338 e. The van der Waals surface area contributed by atoms with E-state index in [9.17, 15) is 4.79 Å². The molecule has 3 heteroatoms. The summed E-state index contributed by atoms with van der Waals surface area (Å²) in [6.45, 7) is 3.02. The number of nitrogens with two attached hydrogens (primary N) is 1. The lowest BCUT2D eigenvalue weighted by Crippen LogP contribution is -2.46. The van der Waals surface area contributed by atoms with E-state index in [1.165, 1.54) is 0 Å². The minimum absolute atomic E-state index is 0.125. The van der Waals surface area contributed by atoms with Gasteiger partial charge in [-0.2, -0.15) is 0 Å². The second kappa shape index (κ2) is 6.71. The highest BCUT2D eigenvalue weighted by molar-refractivity contribution is 5.82. The van der Waals surface area contributed by atoms with Crippen molar-refractivity contribution in [2.24, 2.45) is 5.73 Å². The molecule has 1 atom stereocenters. The first-order chi connectivity index (χ1) is 9.22. The van der Waals surface area contributed by atoms with Gasteiger partial charge in [0, 0.05) is 12.6 Å². The van der Waals surface area contributed by atoms with Crippen molar-refractivity contribution < 1.29 is 4.79 Å². The van der Waals surface area contributed by atoms with Gasteiger partial charge >= 0.3 is 0 Å². The second-order valence-electron chi connectivity index (χ2n) is 5.41. The normalized spacial score (nSPS) is 16.1. The van der Waals surface area contributed by atoms with Crippen molar-refractivity contribution in [1.29, 1.82) is 0 Å². The Bertz CT molecular complexity index is 400. The second-order valence-corrected chi connectivity index (χ2v) is 5.41. The molecule has 2 N–H and O–H groups in total. The van der Waals surface area contributed by atoms with Gasteiger partial charge in [0.1, 0.15) is 0 Å². The number of carbonyl (C=O) groups excluding carboxylic acids is 1. The van der Waals surface area contributed by atoms with Gasteiger partial charge in [-0.05, 0) is 31.2 Å². The van der Waals surface area contributed by atoms with Crippen LogP contribution in [0.2, 0.25) is 0 Å². The van der Waals surface area contributed by atoms with Crippen LogP contribution in [-0.4, -0.2) is 29.4 Å². The molecule has 0 aliphatic heterocycles. The third kappa shape index (κ3) is 4.06. The third-order valence-corrected chi connectivity index (χ3v) is 3.64. The molecule has 19 heavy (non-hydrogen) atoms. The van der Waals surface area contributed by atoms with Crippen molar-refractivity contribution in [3.63, 3.8) is 0 Å². The number of nitrogens with zero attached hydrogens (tertiary/aromatic N) is 1. The molecule has 0 saturated heterocycles. The standard InChI is InChI=1S/C16H24N2O/c1-2-3-11-18(14-9-10-14)16(19)15(17)12-13-7-5-4-6-8-13/h4-8,14-15H,2-3,9-12,17H2,1H3/t15-/m1/s1. The summed E-state index contributed by atoms with van der Waals surface area (Å²) in [5.41, 5.74) is 7.23. The fraction of sp³-hybridized carbons (Fsp3) is 0.562. The highest BCUT2D eigenvalue weighted by atomic mass is 16.2. The number of unbranched alkanes of at least 4 members (excludes halogenated alkanes) is 1. The molecule has 0 aromatic heterocycles. The van der Waals surface area contributed by atoms with Crippen molar-refractivity contribution in [2.75, 3.05) is 6.54 Å². The number of hydrogen-bond acceptors (Lipinski definition) is 2. The first kappa shape index (κ1) is 14.1. The smallest absolute Gasteiger partial charge is 0.240 e. The molecule has 1 amide bonds. The zero-order valence-corrected chi connectivity index (χ0v) is 11.7. The number of benzene rings is 1. The SMILES string of the molecule is CCCCN(C(=O)[C@H](N)Cc1ccccc1)C1CC1. The maximum Gasteiger partial charge on any atom is 0.240 e. The Morgan fingerprint density at radius 3 is 2.63 bits per heavy atom. The van der Waals surface area contributed by atoms with Crippen LogP contribution < -0.4 is 5.73 Å². The van der Waals surface area contributed by atoms with Gasteiger partial charge in [-0.3, -0.25) is 4.79 Å². The van der Waals surface area contributed by atoms with Gasteiger partial charge < -0.3 is 10.6 Å². The average molecular weight is 260 g/mol. The topological polar surface area (TPSA) is 46.3 Å². The Morgan fingerprint density at radius 1 is 1.37 bits per heavy atom. The fourth-order valence-electron chi connectivity index (χ4n) is 2.36. The molecule has 0 heterocycles. The number of carbonyl (C=O) groups is 1. The highest BCUT2D eigenvalue weighted by Crippen LogP contribution is 2.27. The van der Waals surface area contributed by atoms with Gasteiger partial charge in [0.15, 0.2) is 0 Å². The summed E-state index contributed by atoms with van der Waals surface area (Å²) in [5.74, 6) is 0.125. The molecule has 104 valence electrons. The molecule has 0 spiro atoms. The van der Waals surface area contributed by atoms with Gasteiger partial charge in [0.05, 0.1) is 6.04 Å². The fourth-order valence-corrected chi connectivity index (χ4v) is 2.36. The summed E-state index contributed by atoms with van der Waals surface area (Å²) in [6.07, 6.45) is 5.11. The molecule has 0 unspecified atom stereocenters. The Balaban J connectivity index is 1.92. The third-order valence-electron chi connectivity index (χ3n) is 3.64. The maximum atomic E-state index is 12.4. The van der Waals surface area contributed by atoms with Crippen molar-refractivity contribution >= 4 is 5.91 Å². The minimum Gasteiger partial charge on any atom is -0.338 e. The van der Waals surface area contributed by atoms with Gasteiger partial charge in [-0.1, -0.05) is 43.7 Å². The Morgan fingerprint density at radius 2 is 2.05 bits per heavy atom. The van der Waals surface area contributed by atoms with Crippen molar-refractivity contribution in [3.05, 3.63) is 35.9 Å². The lowest BCUT2D eigenvalue weighted by atomic mass is 10.1. The molecular formula is C16H24N2O.